The van der Waals surface area contributed by atoms with E-state index < -0.39 is 124 Å². The number of carboxylic acid groups (broad SMARTS) is 2. The molecule has 5 aliphatic carbocycles. The van der Waals surface area contributed by atoms with Gasteiger partial charge in [-0.3, -0.25) is 14.4 Å². The number of aliphatic carboxylic acids is 2. The van der Waals surface area contributed by atoms with Gasteiger partial charge < -0.3 is 55.1 Å². The molecular weight excluding hydrogens is 680 g/mol. The van der Waals surface area contributed by atoms with E-state index in [0.29, 0.717) is 25.7 Å². The van der Waals surface area contributed by atoms with Crippen LogP contribution in [0.3, 0.4) is 0 Å². The van der Waals surface area contributed by atoms with Gasteiger partial charge in [0.25, 0.3) is 0 Å². The van der Waals surface area contributed by atoms with Crippen LogP contribution in [0.25, 0.3) is 0 Å². The second-order valence-electron chi connectivity index (χ2n) is 18.2. The molecule has 18 atom stereocenters. The summed E-state index contributed by atoms with van der Waals surface area (Å²) in [6.45, 7) is 11.9. The van der Waals surface area contributed by atoms with Crippen LogP contribution in [0, 0.1) is 50.7 Å². The number of ether oxygens (including phenoxy) is 3. The van der Waals surface area contributed by atoms with Crippen molar-refractivity contribution in [2.75, 3.05) is 6.61 Å². The third-order valence-electron chi connectivity index (χ3n) is 16.0. The van der Waals surface area contributed by atoms with Crippen LogP contribution in [-0.4, -0.2) is 120 Å². The molecule has 5 fully saturated rings. The molecule has 0 bridgehead atoms. The molecule has 4 saturated carbocycles. The molecule has 8 N–H and O–H groups in total. The van der Waals surface area contributed by atoms with Crippen LogP contribution in [0.2, 0.25) is 0 Å². The minimum absolute atomic E-state index is 0.0343. The highest BCUT2D eigenvalue weighted by Gasteiger charge is 2.74. The largest absolute Gasteiger partial charge is 0.481 e. The monoisotopic (exact) mass is 738 g/mol. The number of carbonyl (C=O) groups excluding carboxylic acids is 1. The van der Waals surface area contributed by atoms with Crippen LogP contribution in [0.1, 0.15) is 93.4 Å². The van der Waals surface area contributed by atoms with Gasteiger partial charge in [0.1, 0.15) is 35.9 Å². The number of hydrogen-bond donors (Lipinski definition) is 8. The highest BCUT2D eigenvalue weighted by atomic mass is 16.7. The Kier molecular flexibility index (Phi) is 9.64. The smallest absolute Gasteiger partial charge is 0.313 e. The fourth-order valence-electron chi connectivity index (χ4n) is 12.9. The Morgan fingerprint density at radius 2 is 1.56 bits per heavy atom. The van der Waals surface area contributed by atoms with Gasteiger partial charge in [-0.1, -0.05) is 39.3 Å². The number of fused-ring (bicyclic) bond motifs is 7. The maximum Gasteiger partial charge on any atom is 0.313 e. The predicted molar refractivity (Wildman–Crippen MR) is 181 cm³/mol. The molecule has 0 spiro atoms. The number of carbonyl (C=O) groups is 3. The average molecular weight is 739 g/mol. The average Bonchev–Trinajstić information content (AvgIpc) is 3.05. The predicted octanol–water partition coefficient (Wildman–Crippen LogP) is 1.61. The summed E-state index contributed by atoms with van der Waals surface area (Å²) in [5.74, 6) is -4.96. The van der Waals surface area contributed by atoms with E-state index in [1.54, 1.807) is 20.8 Å². The van der Waals surface area contributed by atoms with Crippen LogP contribution in [0.5, 0.6) is 0 Å². The molecule has 1 aliphatic heterocycles. The zero-order valence-electron chi connectivity index (χ0n) is 31.2. The molecule has 0 radical (unpaired) electrons. The zero-order valence-corrected chi connectivity index (χ0v) is 31.2. The third-order valence-corrected chi connectivity index (χ3v) is 16.0. The highest BCUT2D eigenvalue weighted by molar-refractivity contribution is 5.78. The van der Waals surface area contributed by atoms with Gasteiger partial charge >= 0.3 is 17.9 Å². The Morgan fingerprint density at radius 1 is 0.904 bits per heavy atom. The van der Waals surface area contributed by atoms with Gasteiger partial charge in [-0.25, -0.2) is 0 Å². The van der Waals surface area contributed by atoms with Crippen LogP contribution in [-0.2, 0) is 28.6 Å². The summed E-state index contributed by atoms with van der Waals surface area (Å²) in [7, 11) is 0. The molecule has 0 aromatic carbocycles. The van der Waals surface area contributed by atoms with Gasteiger partial charge in [0.05, 0.1) is 29.8 Å². The molecule has 0 aromatic heterocycles. The Morgan fingerprint density at radius 3 is 2.13 bits per heavy atom. The van der Waals surface area contributed by atoms with Crippen molar-refractivity contribution in [2.24, 2.45) is 50.7 Å². The first kappa shape index (κ1) is 39.5. The second-order valence-corrected chi connectivity index (χ2v) is 18.2. The summed E-state index contributed by atoms with van der Waals surface area (Å²) in [5, 5.41) is 86.9. The van der Waals surface area contributed by atoms with Crippen molar-refractivity contribution in [3.63, 3.8) is 0 Å². The summed E-state index contributed by atoms with van der Waals surface area (Å²) in [6, 6.07) is 0. The standard InChI is InChI=1S/C38H58O14/c1-17-21(51-30-27(44)26(43)25(42)22(16-39)52-30)15-38(32(47)48)13-12-34(4)19(28(38)37(17,7)49)8-9-23-33(3)14-20(41)29(50-18(2)40)36(6,31(45)46)24(33)10-11-35(23,34)5/h8,17,20-30,39,41-44,49H,9-16H2,1-7H3,(H,45,46)(H,47,48)/t17-,20-,21+,22-,23-,24+,25+,26+,27+,28+,29-,30-,33+,34+,35-,36-,37-,38+/m0/s1. The van der Waals surface area contributed by atoms with Crippen LogP contribution in [0.15, 0.2) is 11.6 Å². The van der Waals surface area contributed by atoms with Crippen molar-refractivity contribution < 1.29 is 69.4 Å². The molecule has 0 aromatic rings. The first-order chi connectivity index (χ1) is 24.0. The van der Waals surface area contributed by atoms with Crippen molar-refractivity contribution in [2.45, 2.75) is 148 Å². The highest BCUT2D eigenvalue weighted by Crippen LogP contribution is 2.76. The molecule has 1 saturated heterocycles. The van der Waals surface area contributed by atoms with Crippen LogP contribution >= 0.6 is 0 Å². The lowest BCUT2D eigenvalue weighted by Gasteiger charge is -2.72. The van der Waals surface area contributed by atoms with E-state index in [9.17, 15) is 55.2 Å². The van der Waals surface area contributed by atoms with E-state index >= 15 is 0 Å². The topological polar surface area (TPSA) is 241 Å². The summed E-state index contributed by atoms with van der Waals surface area (Å²) >= 11 is 0. The summed E-state index contributed by atoms with van der Waals surface area (Å²) in [4.78, 5) is 38.7. The lowest BCUT2D eigenvalue weighted by molar-refractivity contribution is -0.328. The maximum absolute atomic E-state index is 13.6. The first-order valence-electron chi connectivity index (χ1n) is 18.7. The normalized spacial score (nSPS) is 54.4. The maximum atomic E-state index is 13.6. The summed E-state index contributed by atoms with van der Waals surface area (Å²) in [5.41, 5.74) is -5.61. The number of aliphatic hydroxyl groups is 6. The van der Waals surface area contributed by atoms with Gasteiger partial charge in [-0.05, 0) is 86.9 Å². The number of aliphatic hydroxyl groups excluding tert-OH is 5. The Balaban J connectivity index is 1.38. The van der Waals surface area contributed by atoms with Crippen molar-refractivity contribution in [1.29, 1.82) is 0 Å². The number of rotatable bonds is 6. The van der Waals surface area contributed by atoms with Crippen molar-refractivity contribution >= 4 is 17.9 Å². The molecule has 0 amide bonds. The molecular formula is C38H58O14. The molecule has 52 heavy (non-hydrogen) atoms. The fourth-order valence-corrected chi connectivity index (χ4v) is 12.9. The van der Waals surface area contributed by atoms with Gasteiger partial charge in [0.2, 0.25) is 0 Å². The molecule has 294 valence electrons. The molecule has 14 nitrogen and oxygen atoms in total. The zero-order chi connectivity index (χ0) is 38.7. The Bertz CT molecular complexity index is 1500. The second kappa shape index (κ2) is 12.7. The molecule has 1 heterocycles. The van der Waals surface area contributed by atoms with Crippen molar-refractivity contribution in [1.82, 2.24) is 0 Å². The number of allylic oxidation sites excluding steroid dienone is 1. The summed E-state index contributed by atoms with van der Waals surface area (Å²) < 4.78 is 17.3. The van der Waals surface area contributed by atoms with Gasteiger partial charge in [-0.2, -0.15) is 0 Å². The minimum Gasteiger partial charge on any atom is -0.481 e. The first-order valence-corrected chi connectivity index (χ1v) is 18.7. The Hall–Kier alpha value is -2.17. The molecule has 0 unspecified atom stereocenters. The number of esters is 1. The van der Waals surface area contributed by atoms with E-state index in [-0.39, 0.29) is 25.2 Å². The third kappa shape index (κ3) is 5.14. The number of hydrogen-bond acceptors (Lipinski definition) is 12. The lowest BCUT2D eigenvalue weighted by atomic mass is 9.32. The van der Waals surface area contributed by atoms with Crippen LogP contribution in [0.4, 0.5) is 0 Å². The summed E-state index contributed by atoms with van der Waals surface area (Å²) in [6.07, 6.45) is -6.62. The lowest BCUT2D eigenvalue weighted by Crippen LogP contribution is -2.71. The van der Waals surface area contributed by atoms with E-state index in [1.807, 2.05) is 6.92 Å². The van der Waals surface area contributed by atoms with Gasteiger partial charge in [-0.15, -0.1) is 0 Å². The fraction of sp³-hybridized carbons (Fsp3) is 0.868. The van der Waals surface area contributed by atoms with E-state index in [2.05, 4.69) is 19.9 Å². The molecule has 14 heteroatoms. The van der Waals surface area contributed by atoms with Gasteiger partial charge in [0.15, 0.2) is 6.29 Å². The Labute approximate surface area is 304 Å². The number of carboxylic acids is 2. The minimum atomic E-state index is -1.69. The SMILES string of the molecule is CC(=O)O[C@H]1[C@@H](O)C[C@@]2(C)[C@@H](CC[C@@]3(C)[C@H]2CC=C2[C@H]4[C@@](C(=O)O)(CC[C@]23C)C[C@@H](O[C@H]2O[C@@H](CO)[C@@H](O)[C@@H](O)[C@H]2O)[C@H](C)[C@]4(C)O)[C@]1(C)C(=O)O. The van der Waals surface area contributed by atoms with E-state index in [1.165, 1.54) is 6.92 Å². The van der Waals surface area contributed by atoms with E-state index in [0.717, 1.165) is 5.57 Å². The quantitative estimate of drug-likeness (QED) is 0.110. The van der Waals surface area contributed by atoms with Crippen molar-refractivity contribution in [3.05, 3.63) is 11.6 Å². The molecule has 6 aliphatic rings. The molecule has 6 rings (SSSR count). The van der Waals surface area contributed by atoms with Gasteiger partial charge in [0, 0.05) is 18.8 Å². The van der Waals surface area contributed by atoms with Crippen molar-refractivity contribution in [3.8, 4) is 0 Å². The van der Waals surface area contributed by atoms with E-state index in [4.69, 9.17) is 14.2 Å². The van der Waals surface area contributed by atoms with Crippen LogP contribution < -0.4 is 0 Å².